The van der Waals surface area contributed by atoms with Gasteiger partial charge in [0.05, 0.1) is 37.0 Å². The van der Waals surface area contributed by atoms with E-state index in [4.69, 9.17) is 15.6 Å². The molecule has 5 unspecified atom stereocenters. The molecular formula is C14H24N2O8. The summed E-state index contributed by atoms with van der Waals surface area (Å²) < 4.78 is 5.58. The van der Waals surface area contributed by atoms with Gasteiger partial charge in [0.2, 0.25) is 5.91 Å². The average molecular weight is 348 g/mol. The van der Waals surface area contributed by atoms with E-state index in [1.807, 2.05) is 0 Å². The topological polar surface area (TPSA) is 179 Å². The van der Waals surface area contributed by atoms with E-state index >= 15 is 0 Å². The van der Waals surface area contributed by atoms with Crippen molar-refractivity contribution in [2.75, 3.05) is 6.61 Å². The van der Waals surface area contributed by atoms with Crippen molar-refractivity contribution >= 4 is 18.2 Å². The summed E-state index contributed by atoms with van der Waals surface area (Å²) in [6.45, 7) is 0.615. The molecule has 1 aliphatic heterocycles. The van der Waals surface area contributed by atoms with Gasteiger partial charge in [-0.05, 0) is 0 Å². The Balaban J connectivity index is 3.12. The molecule has 10 nitrogen and oxygen atoms in total. The Labute approximate surface area is 138 Å². The van der Waals surface area contributed by atoms with Gasteiger partial charge in [0.15, 0.2) is 5.60 Å². The summed E-state index contributed by atoms with van der Waals surface area (Å²) in [4.78, 5) is 33.8. The molecule has 0 bridgehead atoms. The van der Waals surface area contributed by atoms with Crippen molar-refractivity contribution in [1.82, 2.24) is 5.32 Å². The SMILES string of the molecule is CC(=O)NC1C(O)CC(CC(N)C=O)(C(=O)O)OC1C[C@H](O)CO. The quantitative estimate of drug-likeness (QED) is 0.251. The lowest BCUT2D eigenvalue weighted by molar-refractivity contribution is -0.210. The number of nitrogens with one attached hydrogen (secondary N) is 1. The zero-order chi connectivity index (χ0) is 18.5. The monoisotopic (exact) mass is 348 g/mol. The van der Waals surface area contributed by atoms with Crippen LogP contribution < -0.4 is 11.1 Å². The van der Waals surface area contributed by atoms with Crippen molar-refractivity contribution in [3.05, 3.63) is 0 Å². The van der Waals surface area contributed by atoms with Gasteiger partial charge in [-0.25, -0.2) is 4.79 Å². The number of carboxylic acid groups (broad SMARTS) is 1. The number of carboxylic acids is 1. The molecular weight excluding hydrogens is 324 g/mol. The lowest BCUT2D eigenvalue weighted by Gasteiger charge is -2.46. The smallest absolute Gasteiger partial charge is 0.336 e. The van der Waals surface area contributed by atoms with Crippen LogP contribution >= 0.6 is 0 Å². The Morgan fingerprint density at radius 3 is 2.58 bits per heavy atom. The number of hydrogen-bond acceptors (Lipinski definition) is 8. The number of aliphatic carboxylic acids is 1. The van der Waals surface area contributed by atoms with Gasteiger partial charge in [0.1, 0.15) is 6.29 Å². The van der Waals surface area contributed by atoms with Crippen molar-refractivity contribution in [2.24, 2.45) is 5.73 Å². The van der Waals surface area contributed by atoms with E-state index in [2.05, 4.69) is 5.32 Å². The van der Waals surface area contributed by atoms with Crippen LogP contribution in [0.4, 0.5) is 0 Å². The maximum atomic E-state index is 11.7. The van der Waals surface area contributed by atoms with Crippen molar-refractivity contribution in [2.45, 2.75) is 62.2 Å². The van der Waals surface area contributed by atoms with Crippen molar-refractivity contribution in [3.63, 3.8) is 0 Å². The number of carbonyl (C=O) groups is 3. The summed E-state index contributed by atoms with van der Waals surface area (Å²) in [6.07, 6.45) is -4.23. The third-order valence-corrected chi connectivity index (χ3v) is 3.95. The lowest BCUT2D eigenvalue weighted by atomic mass is 9.81. The number of nitrogens with two attached hydrogens (primary N) is 1. The lowest BCUT2D eigenvalue weighted by Crippen LogP contribution is -2.64. The highest BCUT2D eigenvalue weighted by atomic mass is 16.5. The molecule has 1 heterocycles. The van der Waals surface area contributed by atoms with Crippen molar-refractivity contribution in [3.8, 4) is 0 Å². The first-order valence-electron chi connectivity index (χ1n) is 7.51. The predicted molar refractivity (Wildman–Crippen MR) is 79.8 cm³/mol. The van der Waals surface area contributed by atoms with Gasteiger partial charge in [0, 0.05) is 26.2 Å². The first kappa shape index (κ1) is 20.5. The van der Waals surface area contributed by atoms with Gasteiger partial charge < -0.3 is 41.0 Å². The first-order valence-corrected chi connectivity index (χ1v) is 7.51. The molecule has 1 amide bonds. The number of aliphatic hydroxyl groups is 3. The van der Waals surface area contributed by atoms with E-state index in [9.17, 15) is 29.7 Å². The van der Waals surface area contributed by atoms with E-state index in [0.29, 0.717) is 6.29 Å². The summed E-state index contributed by atoms with van der Waals surface area (Å²) in [5, 5.41) is 40.9. The Morgan fingerprint density at radius 2 is 2.12 bits per heavy atom. The van der Waals surface area contributed by atoms with Crippen LogP contribution in [0.25, 0.3) is 0 Å². The van der Waals surface area contributed by atoms with E-state index in [1.54, 1.807) is 0 Å². The molecule has 0 radical (unpaired) electrons. The molecule has 10 heteroatoms. The number of ether oxygens (including phenoxy) is 1. The molecule has 0 aromatic carbocycles. The molecule has 0 saturated carbocycles. The second-order valence-electron chi connectivity index (χ2n) is 6.03. The van der Waals surface area contributed by atoms with Gasteiger partial charge in [-0.15, -0.1) is 0 Å². The summed E-state index contributed by atoms with van der Waals surface area (Å²) in [6, 6.07) is -2.09. The van der Waals surface area contributed by atoms with Crippen molar-refractivity contribution < 1.29 is 39.5 Å². The highest BCUT2D eigenvalue weighted by molar-refractivity contribution is 5.79. The van der Waals surface area contributed by atoms with E-state index < -0.39 is 54.5 Å². The van der Waals surface area contributed by atoms with Gasteiger partial charge >= 0.3 is 5.97 Å². The number of carbonyl (C=O) groups excluding carboxylic acids is 2. The van der Waals surface area contributed by atoms with Crippen LogP contribution in [0, 0.1) is 0 Å². The van der Waals surface area contributed by atoms with Gasteiger partial charge in [-0.3, -0.25) is 4.79 Å². The third-order valence-electron chi connectivity index (χ3n) is 3.95. The third kappa shape index (κ3) is 4.95. The normalized spacial score (nSPS) is 32.6. The highest BCUT2D eigenvalue weighted by Crippen LogP contribution is 2.35. The number of rotatable bonds is 8. The molecule has 1 rings (SSSR count). The first-order chi connectivity index (χ1) is 11.1. The standard InChI is InChI=1S/C14H24N2O8/c1-7(19)16-12-10(21)4-14(13(22)23,3-8(15)5-17)24-11(12)2-9(20)6-18/h5,8-12,18,20-21H,2-4,6,15H2,1H3,(H,16,19)(H,22,23)/t8?,9-,10?,11?,12?,14?/m0/s1. The number of aliphatic hydroxyl groups excluding tert-OH is 3. The van der Waals surface area contributed by atoms with E-state index in [0.717, 1.165) is 0 Å². The number of aldehydes is 1. The average Bonchev–Trinajstić information content (AvgIpc) is 2.49. The fraction of sp³-hybridized carbons (Fsp3) is 0.786. The molecule has 7 N–H and O–H groups in total. The summed E-state index contributed by atoms with van der Waals surface area (Å²) in [5.41, 5.74) is 3.57. The molecule has 0 aromatic heterocycles. The van der Waals surface area contributed by atoms with Gasteiger partial charge in [-0.1, -0.05) is 0 Å². The zero-order valence-electron chi connectivity index (χ0n) is 13.3. The van der Waals surface area contributed by atoms with Crippen LogP contribution in [0.3, 0.4) is 0 Å². The van der Waals surface area contributed by atoms with Gasteiger partial charge in [0.25, 0.3) is 0 Å². The Bertz CT molecular complexity index is 474. The molecule has 24 heavy (non-hydrogen) atoms. The Morgan fingerprint density at radius 1 is 1.50 bits per heavy atom. The fourth-order valence-corrected chi connectivity index (χ4v) is 2.87. The summed E-state index contributed by atoms with van der Waals surface area (Å²) in [5.74, 6) is -1.89. The molecule has 138 valence electrons. The molecule has 6 atom stereocenters. The van der Waals surface area contributed by atoms with Gasteiger partial charge in [-0.2, -0.15) is 0 Å². The van der Waals surface area contributed by atoms with Crippen LogP contribution in [-0.4, -0.2) is 81.2 Å². The molecule has 1 saturated heterocycles. The summed E-state index contributed by atoms with van der Waals surface area (Å²) >= 11 is 0. The zero-order valence-corrected chi connectivity index (χ0v) is 13.3. The maximum Gasteiger partial charge on any atom is 0.336 e. The van der Waals surface area contributed by atoms with Crippen LogP contribution in [0.2, 0.25) is 0 Å². The molecule has 1 aliphatic rings. The van der Waals surface area contributed by atoms with Crippen LogP contribution in [-0.2, 0) is 19.1 Å². The minimum Gasteiger partial charge on any atom is -0.479 e. The van der Waals surface area contributed by atoms with Crippen LogP contribution in [0.15, 0.2) is 0 Å². The van der Waals surface area contributed by atoms with Crippen LogP contribution in [0.1, 0.15) is 26.2 Å². The molecule has 0 aliphatic carbocycles. The largest absolute Gasteiger partial charge is 0.479 e. The van der Waals surface area contributed by atoms with Crippen LogP contribution in [0.5, 0.6) is 0 Å². The Kier molecular flexibility index (Phi) is 7.24. The number of hydrogen-bond donors (Lipinski definition) is 6. The highest BCUT2D eigenvalue weighted by Gasteiger charge is 2.52. The summed E-state index contributed by atoms with van der Waals surface area (Å²) in [7, 11) is 0. The van der Waals surface area contributed by atoms with Crippen molar-refractivity contribution in [1.29, 1.82) is 0 Å². The number of amides is 1. The molecule has 0 spiro atoms. The molecule has 1 fully saturated rings. The fourth-order valence-electron chi connectivity index (χ4n) is 2.87. The second-order valence-corrected chi connectivity index (χ2v) is 6.03. The minimum absolute atomic E-state index is 0.218. The predicted octanol–water partition coefficient (Wildman–Crippen LogP) is -2.88. The maximum absolute atomic E-state index is 11.7. The van der Waals surface area contributed by atoms with E-state index in [-0.39, 0.29) is 19.3 Å². The Hall–Kier alpha value is -1.59. The minimum atomic E-state index is -1.94. The second kappa shape index (κ2) is 8.49. The molecule has 0 aromatic rings. The van der Waals surface area contributed by atoms with E-state index in [1.165, 1.54) is 6.92 Å².